The van der Waals surface area contributed by atoms with Crippen LogP contribution in [0.25, 0.3) is 0 Å². The Morgan fingerprint density at radius 2 is 1.55 bits per heavy atom. The van der Waals surface area contributed by atoms with Gasteiger partial charge in [-0.15, -0.1) is 0 Å². The summed E-state index contributed by atoms with van der Waals surface area (Å²) in [5.74, 6) is -0.350. The Balaban J connectivity index is 1.96. The summed E-state index contributed by atoms with van der Waals surface area (Å²) in [4.78, 5) is 23.5. The van der Waals surface area contributed by atoms with E-state index in [1.54, 1.807) is 18.2 Å². The highest BCUT2D eigenvalue weighted by atomic mass is 16.3. The molecule has 1 rings (SSSR count). The van der Waals surface area contributed by atoms with Gasteiger partial charge in [0, 0.05) is 6.42 Å². The highest BCUT2D eigenvalue weighted by Gasteiger charge is 2.04. The van der Waals surface area contributed by atoms with E-state index < -0.39 is 0 Å². The third-order valence-electron chi connectivity index (χ3n) is 4.73. The summed E-state index contributed by atoms with van der Waals surface area (Å²) in [7, 11) is 0. The molecule has 0 spiro atoms. The van der Waals surface area contributed by atoms with Gasteiger partial charge in [-0.25, -0.2) is 5.43 Å². The largest absolute Gasteiger partial charge is 0.508 e. The number of hydrazone groups is 1. The zero-order valence-electron chi connectivity index (χ0n) is 17.8. The molecule has 0 saturated heterocycles. The standard InChI is InChI=1S/C23H37N3O3/c1-2-3-4-5-6-7-8-9-10-11-12-16-22(28)24-19-23(29)26-25-18-20-14-13-15-21(27)17-20/h13-15,17-18,27H,2-12,16,19H2,1H3,(H,24,28)(H,26,29)/b25-18-. The second kappa shape index (κ2) is 16.6. The fourth-order valence-corrected chi connectivity index (χ4v) is 3.04. The van der Waals surface area contributed by atoms with Crippen LogP contribution in [0.1, 0.15) is 89.5 Å². The highest BCUT2D eigenvalue weighted by Crippen LogP contribution is 2.12. The van der Waals surface area contributed by atoms with Crippen molar-refractivity contribution in [2.75, 3.05) is 6.54 Å². The van der Waals surface area contributed by atoms with Crippen molar-refractivity contribution in [3.63, 3.8) is 0 Å². The second-order valence-electron chi connectivity index (χ2n) is 7.45. The third-order valence-corrected chi connectivity index (χ3v) is 4.73. The molecule has 6 nitrogen and oxygen atoms in total. The van der Waals surface area contributed by atoms with Crippen LogP contribution in [0.3, 0.4) is 0 Å². The van der Waals surface area contributed by atoms with Crippen LogP contribution in [-0.2, 0) is 9.59 Å². The van der Waals surface area contributed by atoms with Crippen LogP contribution < -0.4 is 10.7 Å². The first-order valence-corrected chi connectivity index (χ1v) is 11.0. The molecule has 162 valence electrons. The molecule has 1 aromatic carbocycles. The number of nitrogens with one attached hydrogen (secondary N) is 2. The van der Waals surface area contributed by atoms with Gasteiger partial charge in [-0.2, -0.15) is 5.10 Å². The molecule has 2 amide bonds. The summed E-state index contributed by atoms with van der Waals surface area (Å²) < 4.78 is 0. The average Bonchev–Trinajstić information content (AvgIpc) is 2.70. The normalized spacial score (nSPS) is 10.9. The van der Waals surface area contributed by atoms with E-state index in [1.165, 1.54) is 70.1 Å². The van der Waals surface area contributed by atoms with Crippen molar-refractivity contribution in [3.8, 4) is 5.75 Å². The minimum Gasteiger partial charge on any atom is -0.508 e. The molecule has 0 aliphatic rings. The van der Waals surface area contributed by atoms with Gasteiger partial charge in [-0.1, -0.05) is 83.3 Å². The van der Waals surface area contributed by atoms with Crippen molar-refractivity contribution < 1.29 is 14.7 Å². The van der Waals surface area contributed by atoms with E-state index in [4.69, 9.17) is 0 Å². The fraction of sp³-hybridized carbons (Fsp3) is 0.609. The second-order valence-corrected chi connectivity index (χ2v) is 7.45. The van der Waals surface area contributed by atoms with E-state index in [9.17, 15) is 14.7 Å². The highest BCUT2D eigenvalue weighted by molar-refractivity contribution is 5.86. The number of carbonyl (C=O) groups is 2. The number of phenols is 1. The summed E-state index contributed by atoms with van der Waals surface area (Å²) in [6.45, 7) is 2.15. The summed E-state index contributed by atoms with van der Waals surface area (Å²) >= 11 is 0. The van der Waals surface area contributed by atoms with Crippen molar-refractivity contribution in [3.05, 3.63) is 29.8 Å². The fourth-order valence-electron chi connectivity index (χ4n) is 3.04. The predicted octanol–water partition coefficient (Wildman–Crippen LogP) is 4.66. The first-order chi connectivity index (χ1) is 14.1. The van der Waals surface area contributed by atoms with Crippen LogP contribution in [0.5, 0.6) is 5.75 Å². The van der Waals surface area contributed by atoms with Crippen molar-refractivity contribution in [2.45, 2.75) is 84.0 Å². The van der Waals surface area contributed by atoms with E-state index in [2.05, 4.69) is 22.8 Å². The minimum atomic E-state index is -0.381. The molecule has 29 heavy (non-hydrogen) atoms. The first kappa shape index (κ1) is 24.7. The molecule has 0 radical (unpaired) electrons. The Kier molecular flexibility index (Phi) is 14.1. The lowest BCUT2D eigenvalue weighted by Crippen LogP contribution is -2.34. The number of amides is 2. The molecule has 0 saturated carbocycles. The number of unbranched alkanes of at least 4 members (excludes halogenated alkanes) is 10. The number of benzene rings is 1. The van der Waals surface area contributed by atoms with E-state index in [0.717, 1.165) is 12.8 Å². The summed E-state index contributed by atoms with van der Waals surface area (Å²) in [6.07, 6.45) is 15.6. The molecular weight excluding hydrogens is 366 g/mol. The molecule has 0 heterocycles. The molecule has 0 unspecified atom stereocenters. The Bertz CT molecular complexity index is 617. The molecule has 0 fully saturated rings. The Hall–Kier alpha value is -2.37. The van der Waals surface area contributed by atoms with Crippen LogP contribution >= 0.6 is 0 Å². The third kappa shape index (κ3) is 14.3. The molecule has 0 aliphatic carbocycles. The van der Waals surface area contributed by atoms with E-state index in [-0.39, 0.29) is 24.1 Å². The van der Waals surface area contributed by atoms with E-state index in [1.807, 2.05) is 0 Å². The number of phenolic OH excluding ortho intramolecular Hbond substituents is 1. The molecule has 0 aliphatic heterocycles. The molecule has 1 aromatic rings. The van der Waals surface area contributed by atoms with Gasteiger partial charge in [0.2, 0.25) is 5.91 Å². The van der Waals surface area contributed by atoms with Gasteiger partial charge in [-0.05, 0) is 24.1 Å². The van der Waals surface area contributed by atoms with Gasteiger partial charge in [0.25, 0.3) is 5.91 Å². The summed E-state index contributed by atoms with van der Waals surface area (Å²) in [6, 6.07) is 6.53. The van der Waals surface area contributed by atoms with Gasteiger partial charge in [0.05, 0.1) is 12.8 Å². The maximum absolute atomic E-state index is 11.8. The quantitative estimate of drug-likeness (QED) is 0.213. The van der Waals surface area contributed by atoms with Crippen molar-refractivity contribution in [1.29, 1.82) is 0 Å². The molecule has 0 bridgehead atoms. The monoisotopic (exact) mass is 403 g/mol. The molecule has 6 heteroatoms. The van der Waals surface area contributed by atoms with Crippen LogP contribution in [0.2, 0.25) is 0 Å². The minimum absolute atomic E-state index is 0.0890. The number of hydrogen-bond donors (Lipinski definition) is 3. The van der Waals surface area contributed by atoms with E-state index in [0.29, 0.717) is 12.0 Å². The summed E-state index contributed by atoms with van der Waals surface area (Å²) in [5.41, 5.74) is 3.02. The predicted molar refractivity (Wildman–Crippen MR) is 118 cm³/mol. The van der Waals surface area contributed by atoms with Gasteiger partial charge in [0.1, 0.15) is 5.75 Å². The lowest BCUT2D eigenvalue weighted by molar-refractivity contribution is -0.126. The smallest absolute Gasteiger partial charge is 0.259 e. The van der Waals surface area contributed by atoms with Crippen molar-refractivity contribution >= 4 is 18.0 Å². The maximum atomic E-state index is 11.8. The molecule has 3 N–H and O–H groups in total. The maximum Gasteiger partial charge on any atom is 0.259 e. The molecule has 0 atom stereocenters. The number of aromatic hydroxyl groups is 1. The van der Waals surface area contributed by atoms with Crippen LogP contribution in [0.4, 0.5) is 0 Å². The number of hydrogen-bond acceptors (Lipinski definition) is 4. The van der Waals surface area contributed by atoms with Crippen molar-refractivity contribution in [2.24, 2.45) is 5.10 Å². The molecular formula is C23H37N3O3. The number of rotatable bonds is 16. The SMILES string of the molecule is CCCCCCCCCCCCCC(=O)NCC(=O)N/N=C\c1cccc(O)c1. The zero-order valence-corrected chi connectivity index (χ0v) is 17.8. The zero-order chi connectivity index (χ0) is 21.2. The number of nitrogens with zero attached hydrogens (tertiary/aromatic N) is 1. The lowest BCUT2D eigenvalue weighted by Gasteiger charge is -2.05. The van der Waals surface area contributed by atoms with Crippen LogP contribution in [0.15, 0.2) is 29.4 Å². The Morgan fingerprint density at radius 1 is 0.931 bits per heavy atom. The average molecular weight is 404 g/mol. The van der Waals surface area contributed by atoms with Gasteiger partial charge < -0.3 is 10.4 Å². The Labute approximate surface area is 175 Å². The molecule has 0 aromatic heterocycles. The topological polar surface area (TPSA) is 90.8 Å². The van der Waals surface area contributed by atoms with Gasteiger partial charge in [-0.3, -0.25) is 9.59 Å². The number of carbonyl (C=O) groups excluding carboxylic acids is 2. The lowest BCUT2D eigenvalue weighted by atomic mass is 10.1. The van der Waals surface area contributed by atoms with Gasteiger partial charge >= 0.3 is 0 Å². The van der Waals surface area contributed by atoms with Crippen molar-refractivity contribution in [1.82, 2.24) is 10.7 Å². The van der Waals surface area contributed by atoms with Gasteiger partial charge in [0.15, 0.2) is 0 Å². The Morgan fingerprint density at radius 3 is 2.17 bits per heavy atom. The van der Waals surface area contributed by atoms with Crippen LogP contribution in [0, 0.1) is 0 Å². The summed E-state index contributed by atoms with van der Waals surface area (Å²) in [5, 5.41) is 15.8. The first-order valence-electron chi connectivity index (χ1n) is 11.0. The van der Waals surface area contributed by atoms with Crippen LogP contribution in [-0.4, -0.2) is 29.7 Å². The van der Waals surface area contributed by atoms with E-state index >= 15 is 0 Å².